The predicted molar refractivity (Wildman–Crippen MR) is 131 cm³/mol. The number of unbranched alkanes of at least 4 members (excludes halogenated alkanes) is 2. The lowest BCUT2D eigenvalue weighted by atomic mass is 10.1. The van der Waals surface area contributed by atoms with Gasteiger partial charge in [0.1, 0.15) is 5.75 Å². The lowest BCUT2D eigenvalue weighted by Gasteiger charge is -2.29. The first kappa shape index (κ1) is 23.9. The summed E-state index contributed by atoms with van der Waals surface area (Å²) in [6, 6.07) is 13.2. The lowest BCUT2D eigenvalue weighted by molar-refractivity contribution is 0.0697. The maximum Gasteiger partial charge on any atom is 0.335 e. The number of aromatic carboxylic acids is 1. The number of carbonyl (C=O) groups is 1. The number of carboxylic acid groups (broad SMARTS) is 1. The Morgan fingerprint density at radius 1 is 1.16 bits per heavy atom. The molecule has 3 rings (SSSR count). The van der Waals surface area contributed by atoms with Crippen LogP contribution in [0, 0.1) is 5.92 Å². The number of nitrogens with one attached hydrogen (secondary N) is 2. The number of hydrogen-bond acceptors (Lipinski definition) is 5. The largest absolute Gasteiger partial charge is 0.478 e. The van der Waals surface area contributed by atoms with Gasteiger partial charge in [0.25, 0.3) is 0 Å². The van der Waals surface area contributed by atoms with E-state index >= 15 is 0 Å². The SMILES string of the molecule is CCCCN(CCCC)c1cc(C(=O)O)cc(NCC2CCNC2)c1Oc1ccccc1. The van der Waals surface area contributed by atoms with Crippen molar-refractivity contribution in [2.24, 2.45) is 5.92 Å². The van der Waals surface area contributed by atoms with Gasteiger partial charge < -0.3 is 25.4 Å². The fraction of sp³-hybridized carbons (Fsp3) is 0.500. The van der Waals surface area contributed by atoms with Crippen molar-refractivity contribution >= 4 is 17.3 Å². The highest BCUT2D eigenvalue weighted by Crippen LogP contribution is 2.41. The Hall–Kier alpha value is -2.73. The lowest BCUT2D eigenvalue weighted by Crippen LogP contribution is -2.27. The number of nitrogens with zero attached hydrogens (tertiary/aromatic N) is 1. The molecule has 1 atom stereocenters. The van der Waals surface area contributed by atoms with E-state index in [1.165, 1.54) is 0 Å². The highest BCUT2D eigenvalue weighted by Gasteiger charge is 2.22. The smallest absolute Gasteiger partial charge is 0.335 e. The number of para-hydroxylation sites is 1. The van der Waals surface area contributed by atoms with Crippen molar-refractivity contribution in [2.75, 3.05) is 42.9 Å². The quantitative estimate of drug-likeness (QED) is 0.377. The van der Waals surface area contributed by atoms with E-state index in [0.29, 0.717) is 11.7 Å². The summed E-state index contributed by atoms with van der Waals surface area (Å²) < 4.78 is 6.42. The van der Waals surface area contributed by atoms with Gasteiger partial charge >= 0.3 is 5.97 Å². The Kier molecular flexibility index (Phi) is 9.23. The van der Waals surface area contributed by atoms with E-state index < -0.39 is 5.97 Å². The normalized spacial score (nSPS) is 15.5. The molecule has 1 aliphatic heterocycles. The molecule has 0 radical (unpaired) electrons. The summed E-state index contributed by atoms with van der Waals surface area (Å²) in [5, 5.41) is 16.7. The molecular weight excluding hydrogens is 402 g/mol. The minimum absolute atomic E-state index is 0.283. The zero-order valence-corrected chi connectivity index (χ0v) is 19.4. The molecule has 2 aromatic carbocycles. The highest BCUT2D eigenvalue weighted by atomic mass is 16.5. The first-order valence-corrected chi connectivity index (χ1v) is 12.0. The van der Waals surface area contributed by atoms with Crippen LogP contribution in [0.1, 0.15) is 56.3 Å². The van der Waals surface area contributed by atoms with Crippen molar-refractivity contribution in [2.45, 2.75) is 46.0 Å². The molecule has 0 spiro atoms. The van der Waals surface area contributed by atoms with Crippen LogP contribution in [0.2, 0.25) is 0 Å². The van der Waals surface area contributed by atoms with Crippen molar-refractivity contribution in [1.29, 1.82) is 0 Å². The maximum atomic E-state index is 12.0. The zero-order chi connectivity index (χ0) is 22.8. The molecule has 0 amide bonds. The van der Waals surface area contributed by atoms with E-state index in [4.69, 9.17) is 4.74 Å². The van der Waals surface area contributed by atoms with Crippen molar-refractivity contribution in [3.05, 3.63) is 48.0 Å². The first-order valence-electron chi connectivity index (χ1n) is 12.0. The van der Waals surface area contributed by atoms with Gasteiger partial charge in [-0.05, 0) is 62.5 Å². The fourth-order valence-electron chi connectivity index (χ4n) is 4.01. The number of ether oxygens (including phenoxy) is 1. The Balaban J connectivity index is 2.03. The molecule has 32 heavy (non-hydrogen) atoms. The van der Waals surface area contributed by atoms with Gasteiger partial charge in [0.15, 0.2) is 5.75 Å². The van der Waals surface area contributed by atoms with Gasteiger partial charge in [0, 0.05) is 19.6 Å². The number of anilines is 2. The first-order chi connectivity index (χ1) is 15.6. The van der Waals surface area contributed by atoms with E-state index in [1.807, 2.05) is 30.3 Å². The number of hydrogen-bond donors (Lipinski definition) is 3. The van der Waals surface area contributed by atoms with E-state index in [-0.39, 0.29) is 5.56 Å². The summed E-state index contributed by atoms with van der Waals surface area (Å²) in [6.45, 7) is 8.89. The fourth-order valence-corrected chi connectivity index (χ4v) is 4.01. The van der Waals surface area contributed by atoms with Crippen molar-refractivity contribution in [3.63, 3.8) is 0 Å². The minimum atomic E-state index is -0.922. The highest BCUT2D eigenvalue weighted by molar-refractivity contribution is 5.92. The van der Waals surface area contributed by atoms with Crippen molar-refractivity contribution in [3.8, 4) is 11.5 Å². The second-order valence-electron chi connectivity index (χ2n) is 8.53. The summed E-state index contributed by atoms with van der Waals surface area (Å²) in [6.07, 6.45) is 5.36. The van der Waals surface area contributed by atoms with Crippen LogP contribution in [0.3, 0.4) is 0 Å². The van der Waals surface area contributed by atoms with Crippen molar-refractivity contribution in [1.82, 2.24) is 5.32 Å². The van der Waals surface area contributed by atoms with E-state index in [1.54, 1.807) is 12.1 Å². The van der Waals surface area contributed by atoms with Gasteiger partial charge in [-0.3, -0.25) is 0 Å². The van der Waals surface area contributed by atoms with E-state index in [2.05, 4.69) is 29.4 Å². The number of carboxylic acids is 1. The molecule has 1 unspecified atom stereocenters. The third-order valence-electron chi connectivity index (χ3n) is 5.93. The Bertz CT molecular complexity index is 843. The average molecular weight is 440 g/mol. The summed E-state index contributed by atoms with van der Waals surface area (Å²) >= 11 is 0. The molecule has 1 aliphatic rings. The summed E-state index contributed by atoms with van der Waals surface area (Å²) in [4.78, 5) is 14.3. The van der Waals surface area contributed by atoms with Crippen LogP contribution in [0.15, 0.2) is 42.5 Å². The molecule has 0 aliphatic carbocycles. The van der Waals surface area contributed by atoms with Gasteiger partial charge in [0.05, 0.1) is 16.9 Å². The van der Waals surface area contributed by atoms with Crippen LogP contribution in [0.4, 0.5) is 11.4 Å². The van der Waals surface area contributed by atoms with Crippen LogP contribution in [0.25, 0.3) is 0 Å². The maximum absolute atomic E-state index is 12.0. The molecule has 0 bridgehead atoms. The zero-order valence-electron chi connectivity index (χ0n) is 19.4. The van der Waals surface area contributed by atoms with Crippen LogP contribution >= 0.6 is 0 Å². The van der Waals surface area contributed by atoms with Gasteiger partial charge in [-0.25, -0.2) is 4.79 Å². The van der Waals surface area contributed by atoms with Crippen LogP contribution in [-0.2, 0) is 0 Å². The van der Waals surface area contributed by atoms with Gasteiger partial charge in [-0.1, -0.05) is 44.9 Å². The summed E-state index contributed by atoms with van der Waals surface area (Å²) in [5.74, 6) is 1.05. The molecule has 6 nitrogen and oxygen atoms in total. The van der Waals surface area contributed by atoms with Gasteiger partial charge in [0.2, 0.25) is 0 Å². The minimum Gasteiger partial charge on any atom is -0.478 e. The molecule has 6 heteroatoms. The second-order valence-corrected chi connectivity index (χ2v) is 8.53. The van der Waals surface area contributed by atoms with Gasteiger partial charge in [-0.15, -0.1) is 0 Å². The van der Waals surface area contributed by atoms with Crippen LogP contribution in [-0.4, -0.2) is 43.8 Å². The monoisotopic (exact) mass is 439 g/mol. The standard InChI is InChI=1S/C26H37N3O3/c1-3-5-14-29(15-6-4-2)24-17-21(26(30)31)16-23(28-19-20-12-13-27-18-20)25(24)32-22-10-8-7-9-11-22/h7-11,16-17,20,27-28H,3-6,12-15,18-19H2,1-2H3,(H,30,31). The summed E-state index contributed by atoms with van der Waals surface area (Å²) in [5.41, 5.74) is 1.88. The Morgan fingerprint density at radius 3 is 2.47 bits per heavy atom. The third kappa shape index (κ3) is 6.63. The average Bonchev–Trinajstić information content (AvgIpc) is 3.33. The molecule has 0 saturated carbocycles. The molecule has 174 valence electrons. The molecule has 2 aromatic rings. The van der Waals surface area contributed by atoms with E-state index in [0.717, 1.165) is 82.0 Å². The number of rotatable bonds is 13. The van der Waals surface area contributed by atoms with Gasteiger partial charge in [-0.2, -0.15) is 0 Å². The molecule has 1 saturated heterocycles. The second kappa shape index (κ2) is 12.3. The molecule has 3 N–H and O–H groups in total. The Labute approximate surface area is 192 Å². The summed E-state index contributed by atoms with van der Waals surface area (Å²) in [7, 11) is 0. The Morgan fingerprint density at radius 2 is 1.88 bits per heavy atom. The molecular formula is C26H37N3O3. The van der Waals surface area contributed by atoms with Crippen LogP contribution < -0.4 is 20.3 Å². The van der Waals surface area contributed by atoms with E-state index in [9.17, 15) is 9.90 Å². The third-order valence-corrected chi connectivity index (χ3v) is 5.93. The molecule has 1 fully saturated rings. The number of benzene rings is 2. The molecule has 0 aromatic heterocycles. The topological polar surface area (TPSA) is 73.8 Å². The van der Waals surface area contributed by atoms with Crippen molar-refractivity contribution < 1.29 is 14.6 Å². The molecule has 1 heterocycles. The van der Waals surface area contributed by atoms with Crippen LogP contribution in [0.5, 0.6) is 11.5 Å². The predicted octanol–water partition coefficient (Wildman–Crippen LogP) is 5.61.